The fraction of sp³-hybridized carbons (Fsp3) is 0.929. The van der Waals surface area contributed by atoms with Gasteiger partial charge in [0.2, 0.25) is 5.91 Å². The first-order chi connectivity index (χ1) is 8.25. The average Bonchev–Trinajstić information content (AvgIpc) is 2.55. The molecule has 2 aliphatic rings. The molecule has 0 bridgehead atoms. The van der Waals surface area contributed by atoms with Crippen molar-refractivity contribution in [1.82, 2.24) is 5.32 Å². The first-order valence-corrected chi connectivity index (χ1v) is 7.30. The summed E-state index contributed by atoms with van der Waals surface area (Å²) in [5.41, 5.74) is 6.01. The van der Waals surface area contributed by atoms with Gasteiger partial charge in [0.15, 0.2) is 0 Å². The molecule has 0 heterocycles. The first-order valence-electron chi connectivity index (χ1n) is 7.30. The van der Waals surface area contributed by atoms with E-state index in [-0.39, 0.29) is 24.4 Å². The number of nitrogens with two attached hydrogens (primary N) is 1. The van der Waals surface area contributed by atoms with Crippen molar-refractivity contribution in [2.24, 2.45) is 11.7 Å². The Bertz CT molecular complexity index is 252. The van der Waals surface area contributed by atoms with Crippen LogP contribution in [0.3, 0.4) is 0 Å². The maximum absolute atomic E-state index is 12.0. The molecular weight excluding hydrogens is 248 g/mol. The fourth-order valence-electron chi connectivity index (χ4n) is 3.27. The topological polar surface area (TPSA) is 55.1 Å². The van der Waals surface area contributed by atoms with E-state index in [4.69, 9.17) is 5.73 Å². The second-order valence-corrected chi connectivity index (χ2v) is 5.81. The third-order valence-electron chi connectivity index (χ3n) is 4.39. The molecule has 0 aliphatic heterocycles. The summed E-state index contributed by atoms with van der Waals surface area (Å²) in [4.78, 5) is 12.0. The van der Waals surface area contributed by atoms with Crippen LogP contribution >= 0.6 is 12.4 Å². The molecule has 2 atom stereocenters. The molecule has 2 aliphatic carbocycles. The summed E-state index contributed by atoms with van der Waals surface area (Å²) in [6, 6.07) is 0.692. The highest BCUT2D eigenvalue weighted by Crippen LogP contribution is 2.27. The lowest BCUT2D eigenvalue weighted by atomic mass is 9.99. The number of hydrogen-bond acceptors (Lipinski definition) is 2. The van der Waals surface area contributed by atoms with E-state index in [1.807, 2.05) is 0 Å². The van der Waals surface area contributed by atoms with E-state index in [2.05, 4.69) is 5.32 Å². The van der Waals surface area contributed by atoms with Gasteiger partial charge in [-0.05, 0) is 31.6 Å². The maximum Gasteiger partial charge on any atom is 0.220 e. The summed E-state index contributed by atoms with van der Waals surface area (Å²) >= 11 is 0. The van der Waals surface area contributed by atoms with E-state index in [0.717, 1.165) is 12.8 Å². The molecule has 2 rings (SSSR count). The Labute approximate surface area is 117 Å². The van der Waals surface area contributed by atoms with Crippen LogP contribution in [-0.2, 0) is 4.79 Å². The van der Waals surface area contributed by atoms with Crippen LogP contribution in [-0.4, -0.2) is 18.0 Å². The Balaban J connectivity index is 0.00000162. The van der Waals surface area contributed by atoms with Crippen LogP contribution in [0, 0.1) is 5.92 Å². The van der Waals surface area contributed by atoms with E-state index < -0.39 is 0 Å². The van der Waals surface area contributed by atoms with Crippen LogP contribution in [0.5, 0.6) is 0 Å². The van der Waals surface area contributed by atoms with Gasteiger partial charge in [0.05, 0.1) is 0 Å². The summed E-state index contributed by atoms with van der Waals surface area (Å²) in [7, 11) is 0. The smallest absolute Gasteiger partial charge is 0.220 e. The molecule has 1 amide bonds. The Morgan fingerprint density at radius 2 is 1.67 bits per heavy atom. The van der Waals surface area contributed by atoms with Crippen LogP contribution in [0.1, 0.15) is 64.2 Å². The molecule has 2 saturated carbocycles. The zero-order valence-electron chi connectivity index (χ0n) is 11.2. The Morgan fingerprint density at radius 1 is 1.00 bits per heavy atom. The highest BCUT2D eigenvalue weighted by molar-refractivity contribution is 5.85. The molecule has 0 spiro atoms. The lowest BCUT2D eigenvalue weighted by Crippen LogP contribution is -2.37. The van der Waals surface area contributed by atoms with Gasteiger partial charge in [-0.2, -0.15) is 0 Å². The molecule has 18 heavy (non-hydrogen) atoms. The van der Waals surface area contributed by atoms with Crippen molar-refractivity contribution >= 4 is 18.3 Å². The zero-order valence-corrected chi connectivity index (χ0v) is 12.0. The average molecular weight is 275 g/mol. The van der Waals surface area contributed by atoms with Gasteiger partial charge >= 0.3 is 0 Å². The van der Waals surface area contributed by atoms with Crippen LogP contribution in [0.15, 0.2) is 0 Å². The van der Waals surface area contributed by atoms with Crippen molar-refractivity contribution in [2.75, 3.05) is 0 Å². The molecule has 0 aromatic heterocycles. The van der Waals surface area contributed by atoms with E-state index in [1.54, 1.807) is 0 Å². The number of nitrogens with one attached hydrogen (secondary N) is 1. The van der Waals surface area contributed by atoms with Crippen molar-refractivity contribution in [1.29, 1.82) is 0 Å². The van der Waals surface area contributed by atoms with E-state index in [1.165, 1.54) is 44.9 Å². The number of carbonyl (C=O) groups excluding carboxylic acids is 1. The van der Waals surface area contributed by atoms with Crippen LogP contribution in [0.4, 0.5) is 0 Å². The number of halogens is 1. The molecule has 0 aromatic carbocycles. The van der Waals surface area contributed by atoms with E-state index >= 15 is 0 Å². The van der Waals surface area contributed by atoms with Crippen molar-refractivity contribution in [3.8, 4) is 0 Å². The predicted octanol–water partition coefficient (Wildman–Crippen LogP) is 2.76. The minimum absolute atomic E-state index is 0. The molecular formula is C14H27ClN2O. The minimum Gasteiger partial charge on any atom is -0.353 e. The summed E-state index contributed by atoms with van der Waals surface area (Å²) in [5, 5.41) is 3.21. The van der Waals surface area contributed by atoms with Gasteiger partial charge in [0, 0.05) is 18.5 Å². The second kappa shape index (κ2) is 8.00. The maximum atomic E-state index is 12.0. The van der Waals surface area contributed by atoms with Gasteiger partial charge in [-0.1, -0.05) is 32.1 Å². The molecule has 0 aromatic rings. The van der Waals surface area contributed by atoms with Gasteiger partial charge in [0.25, 0.3) is 0 Å². The molecule has 0 unspecified atom stereocenters. The lowest BCUT2D eigenvalue weighted by Gasteiger charge is -2.19. The van der Waals surface area contributed by atoms with Gasteiger partial charge in [-0.3, -0.25) is 4.79 Å². The minimum atomic E-state index is 0. The van der Waals surface area contributed by atoms with E-state index in [9.17, 15) is 4.79 Å². The SMILES string of the molecule is Cl.N[C@@H]1CCC[C@H]1CC(=O)NC1CCCCCC1. The van der Waals surface area contributed by atoms with Gasteiger partial charge in [-0.15, -0.1) is 12.4 Å². The lowest BCUT2D eigenvalue weighted by molar-refractivity contribution is -0.122. The Kier molecular flexibility index (Phi) is 7.02. The van der Waals surface area contributed by atoms with Crippen LogP contribution in [0.25, 0.3) is 0 Å². The molecule has 3 nitrogen and oxygen atoms in total. The largest absolute Gasteiger partial charge is 0.353 e. The molecule has 0 radical (unpaired) electrons. The summed E-state index contributed by atoms with van der Waals surface area (Å²) in [5.74, 6) is 0.667. The third kappa shape index (κ3) is 4.77. The number of carbonyl (C=O) groups is 1. The van der Waals surface area contributed by atoms with Crippen molar-refractivity contribution < 1.29 is 4.79 Å². The quantitative estimate of drug-likeness (QED) is 0.778. The first kappa shape index (κ1) is 15.8. The summed E-state index contributed by atoms with van der Waals surface area (Å²) in [6.45, 7) is 0. The normalized spacial score (nSPS) is 29.4. The van der Waals surface area contributed by atoms with Gasteiger partial charge in [0.1, 0.15) is 0 Å². The number of rotatable bonds is 3. The van der Waals surface area contributed by atoms with Crippen molar-refractivity contribution in [3.05, 3.63) is 0 Å². The highest BCUT2D eigenvalue weighted by atomic mass is 35.5. The standard InChI is InChI=1S/C14H26N2O.ClH/c15-13-9-5-6-11(13)10-14(17)16-12-7-3-1-2-4-8-12;/h11-13H,1-10,15H2,(H,16,17);1H/t11-,13+;/m0./s1. The molecule has 4 heteroatoms. The van der Waals surface area contributed by atoms with Crippen LogP contribution in [0.2, 0.25) is 0 Å². The number of amides is 1. The summed E-state index contributed by atoms with van der Waals surface area (Å²) in [6.07, 6.45) is 11.6. The zero-order chi connectivity index (χ0) is 12.1. The van der Waals surface area contributed by atoms with E-state index in [0.29, 0.717) is 18.4 Å². The Morgan fingerprint density at radius 3 is 2.22 bits per heavy atom. The van der Waals surface area contributed by atoms with Crippen LogP contribution < -0.4 is 11.1 Å². The monoisotopic (exact) mass is 274 g/mol. The molecule has 3 N–H and O–H groups in total. The number of hydrogen-bond donors (Lipinski definition) is 2. The molecule has 106 valence electrons. The predicted molar refractivity (Wildman–Crippen MR) is 76.8 cm³/mol. The van der Waals surface area contributed by atoms with Gasteiger partial charge in [-0.25, -0.2) is 0 Å². The van der Waals surface area contributed by atoms with Crippen molar-refractivity contribution in [2.45, 2.75) is 76.3 Å². The molecule has 0 saturated heterocycles. The van der Waals surface area contributed by atoms with Gasteiger partial charge < -0.3 is 11.1 Å². The second-order valence-electron chi connectivity index (χ2n) is 5.81. The highest BCUT2D eigenvalue weighted by Gasteiger charge is 2.26. The summed E-state index contributed by atoms with van der Waals surface area (Å²) < 4.78 is 0. The third-order valence-corrected chi connectivity index (χ3v) is 4.39. The molecule has 2 fully saturated rings. The van der Waals surface area contributed by atoms with Crippen molar-refractivity contribution in [3.63, 3.8) is 0 Å². The fourth-order valence-corrected chi connectivity index (χ4v) is 3.27. The Hall–Kier alpha value is -0.280.